The Kier molecular flexibility index (Phi) is 5.21. The molecule has 1 aromatic carbocycles. The smallest absolute Gasteiger partial charge is 0.266 e. The molecule has 0 atom stereocenters. The van der Waals surface area contributed by atoms with Gasteiger partial charge in [0.15, 0.2) is 0 Å². The Hall–Kier alpha value is -0.840. The second-order valence-corrected chi connectivity index (χ2v) is 7.94. The number of thioether (sulfide) groups is 1. The van der Waals surface area contributed by atoms with E-state index in [2.05, 4.69) is 0 Å². The SMILES string of the molecule is O=C1/C(=C\c2ccc(Cl)cc2)SC(=S)N1CCC1CCCC1. The minimum absolute atomic E-state index is 0.0444. The van der Waals surface area contributed by atoms with Gasteiger partial charge in [0.2, 0.25) is 0 Å². The summed E-state index contributed by atoms with van der Waals surface area (Å²) in [7, 11) is 0. The maximum atomic E-state index is 12.5. The number of hydrogen-bond donors (Lipinski definition) is 0. The van der Waals surface area contributed by atoms with E-state index in [1.54, 1.807) is 4.90 Å². The van der Waals surface area contributed by atoms with E-state index in [0.717, 1.165) is 24.4 Å². The van der Waals surface area contributed by atoms with Crippen LogP contribution in [0.3, 0.4) is 0 Å². The zero-order chi connectivity index (χ0) is 15.5. The van der Waals surface area contributed by atoms with Crippen LogP contribution in [0, 0.1) is 5.92 Å². The highest BCUT2D eigenvalue weighted by atomic mass is 35.5. The minimum Gasteiger partial charge on any atom is -0.293 e. The van der Waals surface area contributed by atoms with Gasteiger partial charge in [-0.05, 0) is 36.1 Å². The van der Waals surface area contributed by atoms with Crippen molar-refractivity contribution in [3.63, 3.8) is 0 Å². The third kappa shape index (κ3) is 3.73. The molecular weight excluding hydrogens is 334 g/mol. The second-order valence-electron chi connectivity index (χ2n) is 5.82. The fraction of sp³-hybridized carbons (Fsp3) is 0.412. The van der Waals surface area contributed by atoms with Crippen LogP contribution in [0.1, 0.15) is 37.7 Å². The number of benzene rings is 1. The van der Waals surface area contributed by atoms with Crippen molar-refractivity contribution in [1.29, 1.82) is 0 Å². The molecule has 1 aromatic rings. The maximum Gasteiger partial charge on any atom is 0.266 e. The Morgan fingerprint density at radius 2 is 1.95 bits per heavy atom. The third-order valence-electron chi connectivity index (χ3n) is 4.28. The third-order valence-corrected chi connectivity index (χ3v) is 5.91. The van der Waals surface area contributed by atoms with Gasteiger partial charge in [0, 0.05) is 11.6 Å². The van der Waals surface area contributed by atoms with E-state index in [1.165, 1.54) is 37.4 Å². The van der Waals surface area contributed by atoms with Gasteiger partial charge < -0.3 is 0 Å². The highest BCUT2D eigenvalue weighted by molar-refractivity contribution is 8.26. The zero-order valence-electron chi connectivity index (χ0n) is 12.3. The quantitative estimate of drug-likeness (QED) is 0.554. The van der Waals surface area contributed by atoms with Crippen molar-refractivity contribution in [2.45, 2.75) is 32.1 Å². The van der Waals surface area contributed by atoms with Crippen molar-refractivity contribution in [3.8, 4) is 0 Å². The molecule has 3 rings (SSSR count). The summed E-state index contributed by atoms with van der Waals surface area (Å²) in [6.45, 7) is 0.757. The van der Waals surface area contributed by atoms with Crippen molar-refractivity contribution in [3.05, 3.63) is 39.8 Å². The molecular formula is C17H18ClNOS2. The van der Waals surface area contributed by atoms with Crippen molar-refractivity contribution < 1.29 is 4.79 Å². The number of hydrogen-bond acceptors (Lipinski definition) is 3. The molecule has 1 amide bonds. The van der Waals surface area contributed by atoms with Crippen LogP contribution in [0.4, 0.5) is 0 Å². The lowest BCUT2D eigenvalue weighted by Gasteiger charge is -2.17. The lowest BCUT2D eigenvalue weighted by molar-refractivity contribution is -0.122. The predicted octanol–water partition coefficient (Wildman–Crippen LogP) is 5.12. The van der Waals surface area contributed by atoms with Crippen molar-refractivity contribution >= 4 is 51.9 Å². The summed E-state index contributed by atoms with van der Waals surface area (Å²) in [4.78, 5) is 15.0. The molecule has 1 saturated heterocycles. The van der Waals surface area contributed by atoms with E-state index in [9.17, 15) is 4.79 Å². The van der Waals surface area contributed by atoms with E-state index >= 15 is 0 Å². The minimum atomic E-state index is 0.0444. The van der Waals surface area contributed by atoms with Crippen LogP contribution in [0.5, 0.6) is 0 Å². The molecule has 22 heavy (non-hydrogen) atoms. The number of amides is 1. The van der Waals surface area contributed by atoms with Crippen molar-refractivity contribution in [2.24, 2.45) is 5.92 Å². The maximum absolute atomic E-state index is 12.5. The molecule has 2 aliphatic rings. The van der Waals surface area contributed by atoms with Gasteiger partial charge in [-0.1, -0.05) is 73.4 Å². The molecule has 1 saturated carbocycles. The van der Waals surface area contributed by atoms with Gasteiger partial charge >= 0.3 is 0 Å². The molecule has 1 aliphatic carbocycles. The van der Waals surface area contributed by atoms with E-state index in [0.29, 0.717) is 14.2 Å². The predicted molar refractivity (Wildman–Crippen MR) is 97.9 cm³/mol. The average Bonchev–Trinajstić information content (AvgIpc) is 3.10. The zero-order valence-corrected chi connectivity index (χ0v) is 14.6. The second kappa shape index (κ2) is 7.16. The number of halogens is 1. The summed E-state index contributed by atoms with van der Waals surface area (Å²) in [6.07, 6.45) is 8.23. The first-order valence-corrected chi connectivity index (χ1v) is 9.25. The van der Waals surface area contributed by atoms with Crippen LogP contribution >= 0.6 is 35.6 Å². The normalized spacial score (nSPS) is 21.3. The van der Waals surface area contributed by atoms with Gasteiger partial charge in [-0.15, -0.1) is 0 Å². The van der Waals surface area contributed by atoms with Crippen LogP contribution in [0.2, 0.25) is 5.02 Å². The molecule has 0 aromatic heterocycles. The summed E-state index contributed by atoms with van der Waals surface area (Å²) < 4.78 is 0.684. The highest BCUT2D eigenvalue weighted by Crippen LogP contribution is 2.34. The summed E-state index contributed by atoms with van der Waals surface area (Å²) in [5.74, 6) is 0.813. The topological polar surface area (TPSA) is 20.3 Å². The lowest BCUT2D eigenvalue weighted by atomic mass is 10.0. The Bertz CT molecular complexity index is 606. The van der Waals surface area contributed by atoms with Crippen LogP contribution < -0.4 is 0 Å². The molecule has 0 bridgehead atoms. The average molecular weight is 352 g/mol. The standard InChI is InChI=1S/C17H18ClNOS2/c18-14-7-5-13(6-8-14)11-15-16(20)19(17(21)22-15)10-9-12-3-1-2-4-12/h5-8,11-12H,1-4,9-10H2/b15-11+. The fourth-order valence-electron chi connectivity index (χ4n) is 3.01. The number of carbonyl (C=O) groups excluding carboxylic acids is 1. The number of rotatable bonds is 4. The van der Waals surface area contributed by atoms with Crippen molar-refractivity contribution in [2.75, 3.05) is 6.54 Å². The van der Waals surface area contributed by atoms with Gasteiger partial charge in [0.05, 0.1) is 4.91 Å². The van der Waals surface area contributed by atoms with Gasteiger partial charge in [-0.3, -0.25) is 9.69 Å². The Labute approximate surface area is 145 Å². The summed E-state index contributed by atoms with van der Waals surface area (Å²) in [5, 5.41) is 0.696. The van der Waals surface area contributed by atoms with Gasteiger partial charge in [0.1, 0.15) is 4.32 Å². The van der Waals surface area contributed by atoms with Crippen LogP contribution in [0.15, 0.2) is 29.2 Å². The first kappa shape index (κ1) is 16.0. The Morgan fingerprint density at radius 1 is 1.27 bits per heavy atom. The molecule has 1 heterocycles. The van der Waals surface area contributed by atoms with E-state index < -0.39 is 0 Å². The molecule has 0 radical (unpaired) electrons. The number of carbonyl (C=O) groups is 1. The fourth-order valence-corrected chi connectivity index (χ4v) is 4.45. The number of nitrogens with zero attached hydrogens (tertiary/aromatic N) is 1. The summed E-state index contributed by atoms with van der Waals surface area (Å²) in [6, 6.07) is 7.48. The van der Waals surface area contributed by atoms with Crippen molar-refractivity contribution in [1.82, 2.24) is 4.90 Å². The molecule has 0 N–H and O–H groups in total. The highest BCUT2D eigenvalue weighted by Gasteiger charge is 2.32. The molecule has 5 heteroatoms. The van der Waals surface area contributed by atoms with Gasteiger partial charge in [-0.2, -0.15) is 0 Å². The Balaban J connectivity index is 1.66. The van der Waals surface area contributed by atoms with Gasteiger partial charge in [0.25, 0.3) is 5.91 Å². The molecule has 2 nitrogen and oxygen atoms in total. The Morgan fingerprint density at radius 3 is 2.64 bits per heavy atom. The van der Waals surface area contributed by atoms with Gasteiger partial charge in [-0.25, -0.2) is 0 Å². The first-order chi connectivity index (χ1) is 10.6. The lowest BCUT2D eigenvalue weighted by Crippen LogP contribution is -2.30. The van der Waals surface area contributed by atoms with E-state index in [-0.39, 0.29) is 5.91 Å². The van der Waals surface area contributed by atoms with E-state index in [1.807, 2.05) is 30.3 Å². The van der Waals surface area contributed by atoms with Crippen LogP contribution in [-0.2, 0) is 4.79 Å². The first-order valence-electron chi connectivity index (χ1n) is 7.64. The summed E-state index contributed by atoms with van der Waals surface area (Å²) in [5.41, 5.74) is 0.973. The monoisotopic (exact) mass is 351 g/mol. The largest absolute Gasteiger partial charge is 0.293 e. The molecule has 116 valence electrons. The van der Waals surface area contributed by atoms with E-state index in [4.69, 9.17) is 23.8 Å². The number of thiocarbonyl (C=S) groups is 1. The molecule has 2 fully saturated rings. The summed E-state index contributed by atoms with van der Waals surface area (Å²) >= 11 is 12.7. The molecule has 0 unspecified atom stereocenters. The molecule has 1 aliphatic heterocycles. The van der Waals surface area contributed by atoms with Crippen LogP contribution in [0.25, 0.3) is 6.08 Å². The molecule has 0 spiro atoms. The van der Waals surface area contributed by atoms with Crippen LogP contribution in [-0.4, -0.2) is 21.7 Å².